The molecule has 1 aromatic carbocycles. The Balaban J connectivity index is 2.15. The van der Waals surface area contributed by atoms with Gasteiger partial charge in [0, 0.05) is 25.7 Å². The molecule has 21 heavy (non-hydrogen) atoms. The zero-order valence-electron chi connectivity index (χ0n) is 11.7. The lowest BCUT2D eigenvalue weighted by Gasteiger charge is -2.35. The summed E-state index contributed by atoms with van der Waals surface area (Å²) >= 11 is 0. The summed E-state index contributed by atoms with van der Waals surface area (Å²) < 4.78 is 38.0. The molecule has 4 nitrogen and oxygen atoms in total. The van der Waals surface area contributed by atoms with Gasteiger partial charge in [0.05, 0.1) is 17.3 Å². The Morgan fingerprint density at radius 2 is 1.95 bits per heavy atom. The largest absolute Gasteiger partial charge is 0.397 e. The first-order valence-electron chi connectivity index (χ1n) is 6.76. The smallest absolute Gasteiger partial charge is 0.391 e. The molecule has 1 fully saturated rings. The van der Waals surface area contributed by atoms with E-state index in [0.717, 1.165) is 0 Å². The lowest BCUT2D eigenvalue weighted by Crippen LogP contribution is -2.39. The van der Waals surface area contributed by atoms with Gasteiger partial charge >= 0.3 is 6.18 Å². The van der Waals surface area contributed by atoms with Gasteiger partial charge in [0.25, 0.3) is 5.91 Å². The average molecular weight is 301 g/mol. The van der Waals surface area contributed by atoms with Gasteiger partial charge in [0.15, 0.2) is 0 Å². The number of hydrogen-bond acceptors (Lipinski definition) is 3. The highest BCUT2D eigenvalue weighted by Crippen LogP contribution is 2.36. The van der Waals surface area contributed by atoms with E-state index >= 15 is 0 Å². The molecule has 2 rings (SSSR count). The summed E-state index contributed by atoms with van der Waals surface area (Å²) in [5, 5.41) is 2.51. The second-order valence-corrected chi connectivity index (χ2v) is 5.16. The number of halogens is 3. The number of piperidine rings is 1. The highest BCUT2D eigenvalue weighted by molar-refractivity contribution is 5.96. The number of rotatable bonds is 2. The van der Waals surface area contributed by atoms with Crippen molar-refractivity contribution in [1.29, 1.82) is 0 Å². The molecule has 1 aromatic rings. The van der Waals surface area contributed by atoms with Crippen molar-refractivity contribution < 1.29 is 18.0 Å². The fraction of sp³-hybridized carbons (Fsp3) is 0.500. The average Bonchev–Trinajstić information content (AvgIpc) is 2.46. The number of carbonyl (C=O) groups excluding carboxylic acids is 1. The number of benzene rings is 1. The van der Waals surface area contributed by atoms with E-state index in [4.69, 9.17) is 5.73 Å². The van der Waals surface area contributed by atoms with Gasteiger partial charge < -0.3 is 16.0 Å². The van der Waals surface area contributed by atoms with E-state index in [-0.39, 0.29) is 31.8 Å². The van der Waals surface area contributed by atoms with Crippen molar-refractivity contribution in [2.75, 3.05) is 30.8 Å². The van der Waals surface area contributed by atoms with E-state index < -0.39 is 12.1 Å². The number of amides is 1. The molecule has 0 bridgehead atoms. The number of nitrogens with zero attached hydrogens (tertiary/aromatic N) is 1. The predicted molar refractivity (Wildman–Crippen MR) is 75.2 cm³/mol. The molecule has 1 aliphatic heterocycles. The Kier molecular flexibility index (Phi) is 4.29. The summed E-state index contributed by atoms with van der Waals surface area (Å²) in [6, 6.07) is 4.83. The van der Waals surface area contributed by atoms with Crippen LogP contribution in [0.15, 0.2) is 18.2 Å². The van der Waals surface area contributed by atoms with Gasteiger partial charge in [-0.05, 0) is 31.0 Å². The molecule has 0 unspecified atom stereocenters. The summed E-state index contributed by atoms with van der Waals surface area (Å²) in [6.45, 7) is 0.567. The monoisotopic (exact) mass is 301 g/mol. The van der Waals surface area contributed by atoms with E-state index in [0.29, 0.717) is 16.9 Å². The Labute approximate surface area is 121 Å². The van der Waals surface area contributed by atoms with E-state index in [1.807, 2.05) is 4.90 Å². The van der Waals surface area contributed by atoms with Crippen molar-refractivity contribution in [3.05, 3.63) is 23.8 Å². The molecule has 0 saturated carbocycles. The highest BCUT2D eigenvalue weighted by atomic mass is 19.4. The summed E-state index contributed by atoms with van der Waals surface area (Å²) in [5.74, 6) is -1.50. The number of nitrogens with one attached hydrogen (secondary N) is 1. The molecule has 3 N–H and O–H groups in total. The summed E-state index contributed by atoms with van der Waals surface area (Å²) in [5.41, 5.74) is 7.42. The van der Waals surface area contributed by atoms with Crippen molar-refractivity contribution in [3.63, 3.8) is 0 Å². The van der Waals surface area contributed by atoms with Crippen molar-refractivity contribution in [1.82, 2.24) is 5.32 Å². The van der Waals surface area contributed by atoms with E-state index in [1.54, 1.807) is 18.2 Å². The van der Waals surface area contributed by atoms with Crippen LogP contribution in [0.4, 0.5) is 24.5 Å². The quantitative estimate of drug-likeness (QED) is 0.825. The second-order valence-electron chi connectivity index (χ2n) is 5.16. The SMILES string of the molecule is CNC(=O)c1ccc(N)c(N2CCC(C(F)(F)F)CC2)c1. The molecule has 0 radical (unpaired) electrons. The van der Waals surface area contributed by atoms with Gasteiger partial charge in [-0.25, -0.2) is 0 Å². The molecule has 0 spiro atoms. The third-order valence-electron chi connectivity index (χ3n) is 3.82. The maximum Gasteiger partial charge on any atom is 0.391 e. The number of hydrogen-bond donors (Lipinski definition) is 2. The minimum absolute atomic E-state index is 0.0488. The van der Waals surface area contributed by atoms with Crippen molar-refractivity contribution in [3.8, 4) is 0 Å². The van der Waals surface area contributed by atoms with Crippen LogP contribution < -0.4 is 16.0 Å². The number of alkyl halides is 3. The number of nitrogens with two attached hydrogens (primary N) is 1. The topological polar surface area (TPSA) is 58.4 Å². The van der Waals surface area contributed by atoms with Crippen LogP contribution in [0.1, 0.15) is 23.2 Å². The van der Waals surface area contributed by atoms with Gasteiger partial charge in [0.1, 0.15) is 0 Å². The second kappa shape index (κ2) is 5.83. The Morgan fingerprint density at radius 3 is 2.48 bits per heavy atom. The van der Waals surface area contributed by atoms with E-state index in [1.165, 1.54) is 7.05 Å². The van der Waals surface area contributed by atoms with Crippen LogP contribution in [-0.4, -0.2) is 32.2 Å². The molecule has 0 atom stereocenters. The first-order valence-corrected chi connectivity index (χ1v) is 6.76. The first-order chi connectivity index (χ1) is 9.82. The molecule has 0 aromatic heterocycles. The number of anilines is 2. The zero-order chi connectivity index (χ0) is 15.6. The van der Waals surface area contributed by atoms with Crippen LogP contribution in [0.2, 0.25) is 0 Å². The van der Waals surface area contributed by atoms with Gasteiger partial charge in [-0.1, -0.05) is 0 Å². The number of carbonyl (C=O) groups is 1. The van der Waals surface area contributed by atoms with Gasteiger partial charge in [-0.2, -0.15) is 13.2 Å². The molecule has 116 valence electrons. The number of nitrogen functional groups attached to an aromatic ring is 1. The van der Waals surface area contributed by atoms with Crippen LogP contribution >= 0.6 is 0 Å². The minimum atomic E-state index is -4.14. The lowest BCUT2D eigenvalue weighted by molar-refractivity contribution is -0.179. The highest BCUT2D eigenvalue weighted by Gasteiger charge is 2.41. The lowest BCUT2D eigenvalue weighted by atomic mass is 9.95. The maximum atomic E-state index is 12.7. The van der Waals surface area contributed by atoms with Gasteiger partial charge in [-0.15, -0.1) is 0 Å². The maximum absolute atomic E-state index is 12.7. The molecule has 1 aliphatic rings. The van der Waals surface area contributed by atoms with Crippen LogP contribution in [-0.2, 0) is 0 Å². The first kappa shape index (κ1) is 15.5. The minimum Gasteiger partial charge on any atom is -0.397 e. The fourth-order valence-electron chi connectivity index (χ4n) is 2.55. The third kappa shape index (κ3) is 3.40. The third-order valence-corrected chi connectivity index (χ3v) is 3.82. The van der Waals surface area contributed by atoms with E-state index in [9.17, 15) is 18.0 Å². The van der Waals surface area contributed by atoms with Gasteiger partial charge in [0.2, 0.25) is 0 Å². The zero-order valence-corrected chi connectivity index (χ0v) is 11.7. The normalized spacial score (nSPS) is 16.9. The molecular weight excluding hydrogens is 283 g/mol. The van der Waals surface area contributed by atoms with Crippen LogP contribution in [0.3, 0.4) is 0 Å². The van der Waals surface area contributed by atoms with Crippen LogP contribution in [0.5, 0.6) is 0 Å². The summed E-state index contributed by atoms with van der Waals surface area (Å²) in [7, 11) is 1.52. The Morgan fingerprint density at radius 1 is 1.33 bits per heavy atom. The van der Waals surface area contributed by atoms with E-state index in [2.05, 4.69) is 5.32 Å². The van der Waals surface area contributed by atoms with Crippen LogP contribution in [0, 0.1) is 5.92 Å². The standard InChI is InChI=1S/C14H18F3N3O/c1-19-13(21)9-2-3-11(18)12(8-9)20-6-4-10(5-7-20)14(15,16)17/h2-3,8,10H,4-7,18H2,1H3,(H,19,21). The molecule has 0 aliphatic carbocycles. The molecule has 7 heteroatoms. The Hall–Kier alpha value is -1.92. The van der Waals surface area contributed by atoms with Crippen molar-refractivity contribution in [2.24, 2.45) is 5.92 Å². The molecule has 1 saturated heterocycles. The van der Waals surface area contributed by atoms with Crippen molar-refractivity contribution in [2.45, 2.75) is 19.0 Å². The van der Waals surface area contributed by atoms with Crippen molar-refractivity contribution >= 4 is 17.3 Å². The summed E-state index contributed by atoms with van der Waals surface area (Å²) in [4.78, 5) is 13.4. The molecular formula is C14H18F3N3O. The molecule has 1 amide bonds. The predicted octanol–water partition coefficient (Wildman–Crippen LogP) is 2.41. The molecule has 1 heterocycles. The summed E-state index contributed by atoms with van der Waals surface area (Å²) in [6.07, 6.45) is -4.04. The van der Waals surface area contributed by atoms with Crippen LogP contribution in [0.25, 0.3) is 0 Å². The van der Waals surface area contributed by atoms with Gasteiger partial charge in [-0.3, -0.25) is 4.79 Å². The fourth-order valence-corrected chi connectivity index (χ4v) is 2.55. The Bertz CT molecular complexity index is 523.